The van der Waals surface area contributed by atoms with Crippen molar-refractivity contribution in [3.05, 3.63) is 39.8 Å². The van der Waals surface area contributed by atoms with E-state index in [0.29, 0.717) is 5.39 Å². The lowest BCUT2D eigenvalue weighted by Crippen LogP contribution is -2.04. The smallest absolute Gasteiger partial charge is 0.356 e. The molecule has 0 atom stereocenters. The molecule has 3 nitrogen and oxygen atoms in total. The van der Waals surface area contributed by atoms with Crippen molar-refractivity contribution in [3.63, 3.8) is 0 Å². The third kappa shape index (κ3) is 2.18. The van der Waals surface area contributed by atoms with Crippen molar-refractivity contribution in [3.8, 4) is 0 Å². The molecule has 0 fully saturated rings. The van der Waals surface area contributed by atoms with Crippen molar-refractivity contribution >= 4 is 40.1 Å². The molecule has 0 amide bonds. The standard InChI is InChI=1S/C11H6Cl2FNO2/c1-17-11(16)9-4-7(13)10-6(12)2-5(14)3-8(10)15-9/h2-4H,1H3. The Morgan fingerprint density at radius 1 is 1.29 bits per heavy atom. The summed E-state index contributed by atoms with van der Waals surface area (Å²) < 4.78 is 17.7. The van der Waals surface area contributed by atoms with Gasteiger partial charge in [-0.1, -0.05) is 23.2 Å². The van der Waals surface area contributed by atoms with Crippen molar-refractivity contribution in [2.45, 2.75) is 0 Å². The predicted octanol–water partition coefficient (Wildman–Crippen LogP) is 3.47. The fourth-order valence-electron chi connectivity index (χ4n) is 1.45. The molecule has 0 saturated carbocycles. The Kier molecular flexibility index (Phi) is 3.17. The van der Waals surface area contributed by atoms with E-state index in [0.717, 1.165) is 12.1 Å². The van der Waals surface area contributed by atoms with Crippen LogP contribution in [0.2, 0.25) is 10.0 Å². The van der Waals surface area contributed by atoms with Gasteiger partial charge in [0.15, 0.2) is 5.69 Å². The van der Waals surface area contributed by atoms with Crippen LogP contribution < -0.4 is 0 Å². The van der Waals surface area contributed by atoms with E-state index in [4.69, 9.17) is 23.2 Å². The average molecular weight is 274 g/mol. The zero-order valence-electron chi connectivity index (χ0n) is 8.63. The quantitative estimate of drug-likeness (QED) is 0.747. The van der Waals surface area contributed by atoms with Gasteiger partial charge in [0.25, 0.3) is 0 Å². The van der Waals surface area contributed by atoms with Crippen LogP contribution in [0.1, 0.15) is 10.5 Å². The highest BCUT2D eigenvalue weighted by atomic mass is 35.5. The molecule has 0 aliphatic rings. The van der Waals surface area contributed by atoms with Crippen molar-refractivity contribution < 1.29 is 13.9 Å². The largest absolute Gasteiger partial charge is 0.464 e. The Morgan fingerprint density at radius 3 is 2.59 bits per heavy atom. The van der Waals surface area contributed by atoms with E-state index in [1.165, 1.54) is 13.2 Å². The number of hydrogen-bond acceptors (Lipinski definition) is 3. The number of aromatic nitrogens is 1. The number of benzene rings is 1. The molecule has 0 unspecified atom stereocenters. The molecule has 2 aromatic rings. The third-order valence-corrected chi connectivity index (χ3v) is 2.77. The molecular weight excluding hydrogens is 268 g/mol. The number of pyridine rings is 1. The van der Waals surface area contributed by atoms with Gasteiger partial charge in [-0.2, -0.15) is 0 Å². The first kappa shape index (κ1) is 12.1. The minimum atomic E-state index is -0.644. The van der Waals surface area contributed by atoms with E-state index in [1.807, 2.05) is 0 Å². The lowest BCUT2D eigenvalue weighted by Gasteiger charge is -2.05. The van der Waals surface area contributed by atoms with Crippen molar-refractivity contribution in [2.24, 2.45) is 0 Å². The van der Waals surface area contributed by atoms with E-state index in [2.05, 4.69) is 9.72 Å². The van der Waals surface area contributed by atoms with Gasteiger partial charge >= 0.3 is 5.97 Å². The van der Waals surface area contributed by atoms with Crippen LogP contribution in [0.25, 0.3) is 10.9 Å². The fourth-order valence-corrected chi connectivity index (χ4v) is 2.10. The Balaban J connectivity index is 2.77. The zero-order valence-corrected chi connectivity index (χ0v) is 10.1. The Bertz CT molecular complexity index is 616. The zero-order chi connectivity index (χ0) is 12.6. The Morgan fingerprint density at radius 2 is 1.94 bits per heavy atom. The van der Waals surface area contributed by atoms with Crippen molar-refractivity contribution in [1.82, 2.24) is 4.98 Å². The van der Waals surface area contributed by atoms with E-state index < -0.39 is 11.8 Å². The van der Waals surface area contributed by atoms with Gasteiger partial charge in [-0.3, -0.25) is 0 Å². The van der Waals surface area contributed by atoms with E-state index >= 15 is 0 Å². The number of esters is 1. The van der Waals surface area contributed by atoms with E-state index in [1.54, 1.807) is 0 Å². The fraction of sp³-hybridized carbons (Fsp3) is 0.0909. The summed E-state index contributed by atoms with van der Waals surface area (Å²) in [6, 6.07) is 3.62. The molecule has 0 saturated heterocycles. The number of ether oxygens (including phenoxy) is 1. The molecule has 1 aromatic carbocycles. The molecule has 88 valence electrons. The average Bonchev–Trinajstić information content (AvgIpc) is 2.26. The molecule has 17 heavy (non-hydrogen) atoms. The van der Waals surface area contributed by atoms with Gasteiger partial charge in [0, 0.05) is 11.5 Å². The molecule has 6 heteroatoms. The van der Waals surface area contributed by atoms with Crippen LogP contribution in [0.4, 0.5) is 4.39 Å². The second kappa shape index (κ2) is 4.47. The molecule has 2 rings (SSSR count). The molecule has 0 radical (unpaired) electrons. The Labute approximate surface area is 106 Å². The van der Waals surface area contributed by atoms with E-state index in [-0.39, 0.29) is 21.3 Å². The highest BCUT2D eigenvalue weighted by molar-refractivity contribution is 6.42. The first-order valence-corrected chi connectivity index (χ1v) is 5.32. The Hall–Kier alpha value is -1.39. The molecule has 1 heterocycles. The number of methoxy groups -OCH3 is 1. The van der Waals surface area contributed by atoms with Crippen LogP contribution in [0, 0.1) is 5.82 Å². The van der Waals surface area contributed by atoms with Crippen LogP contribution in [0.5, 0.6) is 0 Å². The first-order valence-electron chi connectivity index (χ1n) is 4.56. The van der Waals surface area contributed by atoms with Gasteiger partial charge < -0.3 is 4.74 Å². The van der Waals surface area contributed by atoms with Gasteiger partial charge in [-0.15, -0.1) is 0 Å². The molecule has 0 aliphatic carbocycles. The number of hydrogen-bond donors (Lipinski definition) is 0. The minimum Gasteiger partial charge on any atom is -0.464 e. The first-order chi connectivity index (χ1) is 8.02. The SMILES string of the molecule is COC(=O)c1cc(Cl)c2c(Cl)cc(F)cc2n1. The molecule has 0 spiro atoms. The topological polar surface area (TPSA) is 39.2 Å². The van der Waals surface area contributed by atoms with Crippen LogP contribution in [0.3, 0.4) is 0 Å². The van der Waals surface area contributed by atoms with Crippen molar-refractivity contribution in [1.29, 1.82) is 0 Å². The maximum atomic E-state index is 13.2. The highest BCUT2D eigenvalue weighted by Gasteiger charge is 2.14. The lowest BCUT2D eigenvalue weighted by atomic mass is 10.2. The van der Waals surface area contributed by atoms with Crippen LogP contribution >= 0.6 is 23.2 Å². The molecule has 0 aliphatic heterocycles. The monoisotopic (exact) mass is 273 g/mol. The van der Waals surface area contributed by atoms with Gasteiger partial charge in [0.1, 0.15) is 5.82 Å². The summed E-state index contributed by atoms with van der Waals surface area (Å²) in [6.45, 7) is 0. The number of carbonyl (C=O) groups excluding carboxylic acids is 1. The third-order valence-electron chi connectivity index (χ3n) is 2.17. The summed E-state index contributed by atoms with van der Waals surface area (Å²) in [7, 11) is 1.22. The van der Waals surface area contributed by atoms with Crippen LogP contribution in [-0.2, 0) is 4.74 Å². The number of halogens is 3. The summed E-state index contributed by atoms with van der Waals surface area (Å²) in [5, 5.41) is 0.775. The van der Waals surface area contributed by atoms with Gasteiger partial charge in [0.05, 0.1) is 22.7 Å². The number of carbonyl (C=O) groups is 1. The van der Waals surface area contributed by atoms with Gasteiger partial charge in [0.2, 0.25) is 0 Å². The number of nitrogens with zero attached hydrogens (tertiary/aromatic N) is 1. The maximum Gasteiger partial charge on any atom is 0.356 e. The molecular formula is C11H6Cl2FNO2. The van der Waals surface area contributed by atoms with Crippen molar-refractivity contribution in [2.75, 3.05) is 7.11 Å². The normalized spacial score (nSPS) is 10.6. The van der Waals surface area contributed by atoms with E-state index in [9.17, 15) is 9.18 Å². The molecule has 1 aromatic heterocycles. The molecule has 0 bridgehead atoms. The lowest BCUT2D eigenvalue weighted by molar-refractivity contribution is 0.0594. The summed E-state index contributed by atoms with van der Waals surface area (Å²) in [6.07, 6.45) is 0. The van der Waals surface area contributed by atoms with Gasteiger partial charge in [-0.05, 0) is 12.1 Å². The van der Waals surface area contributed by atoms with Crippen LogP contribution in [0.15, 0.2) is 18.2 Å². The summed E-state index contributed by atoms with van der Waals surface area (Å²) in [5.41, 5.74) is 0.217. The minimum absolute atomic E-state index is 0.00617. The summed E-state index contributed by atoms with van der Waals surface area (Å²) >= 11 is 11.8. The van der Waals surface area contributed by atoms with Crippen LogP contribution in [-0.4, -0.2) is 18.1 Å². The predicted molar refractivity (Wildman–Crippen MR) is 63.1 cm³/mol. The summed E-state index contributed by atoms with van der Waals surface area (Å²) in [5.74, 6) is -1.19. The summed E-state index contributed by atoms with van der Waals surface area (Å²) in [4.78, 5) is 15.3. The number of fused-ring (bicyclic) bond motifs is 1. The molecule has 0 N–H and O–H groups in total. The number of rotatable bonds is 1. The second-order valence-corrected chi connectivity index (χ2v) is 4.08. The maximum absolute atomic E-state index is 13.2. The highest BCUT2D eigenvalue weighted by Crippen LogP contribution is 2.30. The van der Waals surface area contributed by atoms with Gasteiger partial charge in [-0.25, -0.2) is 14.2 Å². The second-order valence-electron chi connectivity index (χ2n) is 3.26.